The van der Waals surface area contributed by atoms with Crippen molar-refractivity contribution in [3.63, 3.8) is 0 Å². The van der Waals surface area contributed by atoms with Gasteiger partial charge in [-0.15, -0.1) is 11.3 Å². The molecule has 1 N–H and O–H groups in total. The molecule has 19 heavy (non-hydrogen) atoms. The van der Waals surface area contributed by atoms with Crippen LogP contribution < -0.4 is 5.32 Å². The Labute approximate surface area is 123 Å². The van der Waals surface area contributed by atoms with Gasteiger partial charge in [-0.1, -0.05) is 12.1 Å². The molecule has 0 fully saturated rings. The van der Waals surface area contributed by atoms with Crippen LogP contribution in [-0.4, -0.2) is 16.5 Å². The number of nitrogens with zero attached hydrogens (tertiary/aromatic N) is 2. The number of fused-ring (bicyclic) bond motifs is 1. The van der Waals surface area contributed by atoms with Gasteiger partial charge in [0.25, 0.3) is 0 Å². The van der Waals surface area contributed by atoms with E-state index in [-0.39, 0.29) is 0 Å². The van der Waals surface area contributed by atoms with E-state index >= 15 is 0 Å². The summed E-state index contributed by atoms with van der Waals surface area (Å²) in [5, 5.41) is 4.45. The second-order valence-corrected chi connectivity index (χ2v) is 6.67. The topological polar surface area (TPSA) is 37.8 Å². The van der Waals surface area contributed by atoms with Crippen molar-refractivity contribution in [2.75, 3.05) is 11.9 Å². The average molecular weight is 334 g/mol. The molecule has 0 spiro atoms. The number of anilines is 1. The zero-order valence-corrected chi connectivity index (χ0v) is 12.5. The third kappa shape index (κ3) is 2.93. The van der Waals surface area contributed by atoms with Crippen molar-refractivity contribution in [3.05, 3.63) is 51.4 Å². The summed E-state index contributed by atoms with van der Waals surface area (Å²) in [6.45, 7) is 0.869. The predicted octanol–water partition coefficient (Wildman–Crippen LogP) is 4.11. The lowest BCUT2D eigenvalue weighted by Gasteiger charge is -2.07. The highest BCUT2D eigenvalue weighted by Crippen LogP contribution is 2.23. The van der Waals surface area contributed by atoms with Crippen LogP contribution in [0.25, 0.3) is 10.9 Å². The van der Waals surface area contributed by atoms with Crippen LogP contribution in [0, 0.1) is 0 Å². The van der Waals surface area contributed by atoms with Gasteiger partial charge < -0.3 is 5.32 Å². The van der Waals surface area contributed by atoms with Gasteiger partial charge in [0, 0.05) is 16.8 Å². The van der Waals surface area contributed by atoms with Crippen LogP contribution in [0.5, 0.6) is 0 Å². The number of para-hydroxylation sites is 1. The lowest BCUT2D eigenvalue weighted by Crippen LogP contribution is -2.06. The molecule has 0 aliphatic heterocycles. The van der Waals surface area contributed by atoms with Crippen molar-refractivity contribution >= 4 is 44.0 Å². The molecule has 3 nitrogen and oxygen atoms in total. The van der Waals surface area contributed by atoms with Gasteiger partial charge in [0.1, 0.15) is 12.1 Å². The fourth-order valence-electron chi connectivity index (χ4n) is 1.94. The molecule has 3 rings (SSSR count). The van der Waals surface area contributed by atoms with E-state index in [2.05, 4.69) is 43.3 Å². The van der Waals surface area contributed by atoms with Crippen LogP contribution in [0.3, 0.4) is 0 Å². The molecule has 0 atom stereocenters. The standard InChI is InChI=1S/C14H12BrN3S/c15-13-6-5-10(19-13)7-8-16-14-11-3-1-2-4-12(11)17-9-18-14/h1-6,9H,7-8H2,(H,16,17,18). The third-order valence-corrected chi connectivity index (χ3v) is 4.52. The summed E-state index contributed by atoms with van der Waals surface area (Å²) >= 11 is 5.25. The minimum atomic E-state index is 0.869. The molecule has 0 bridgehead atoms. The van der Waals surface area contributed by atoms with Crippen molar-refractivity contribution in [1.82, 2.24) is 9.97 Å². The number of benzene rings is 1. The first-order valence-electron chi connectivity index (χ1n) is 6.01. The van der Waals surface area contributed by atoms with E-state index in [1.165, 1.54) is 8.66 Å². The smallest absolute Gasteiger partial charge is 0.137 e. The molecule has 0 amide bonds. The summed E-state index contributed by atoms with van der Waals surface area (Å²) in [5.41, 5.74) is 0.971. The molecule has 96 valence electrons. The first-order chi connectivity index (χ1) is 9.33. The van der Waals surface area contributed by atoms with E-state index in [1.807, 2.05) is 24.3 Å². The van der Waals surface area contributed by atoms with Crippen molar-refractivity contribution in [2.24, 2.45) is 0 Å². The molecule has 0 radical (unpaired) electrons. The largest absolute Gasteiger partial charge is 0.369 e. The Morgan fingerprint density at radius 3 is 2.84 bits per heavy atom. The van der Waals surface area contributed by atoms with Crippen LogP contribution in [0.4, 0.5) is 5.82 Å². The number of nitrogens with one attached hydrogen (secondary N) is 1. The van der Waals surface area contributed by atoms with Gasteiger partial charge in [0.15, 0.2) is 0 Å². The minimum Gasteiger partial charge on any atom is -0.369 e. The summed E-state index contributed by atoms with van der Waals surface area (Å²) in [4.78, 5) is 9.93. The molecule has 2 aromatic heterocycles. The number of aromatic nitrogens is 2. The second kappa shape index (κ2) is 5.67. The number of hydrogen-bond acceptors (Lipinski definition) is 4. The number of halogens is 1. The Bertz CT molecular complexity index is 690. The summed E-state index contributed by atoms with van der Waals surface area (Å²) in [6, 6.07) is 12.3. The second-order valence-electron chi connectivity index (χ2n) is 4.12. The Kier molecular flexibility index (Phi) is 3.75. The van der Waals surface area contributed by atoms with E-state index in [1.54, 1.807) is 17.7 Å². The Morgan fingerprint density at radius 2 is 2.00 bits per heavy atom. The van der Waals surface area contributed by atoms with Crippen LogP contribution in [0.1, 0.15) is 4.88 Å². The lowest BCUT2D eigenvalue weighted by atomic mass is 10.2. The van der Waals surface area contributed by atoms with E-state index in [4.69, 9.17) is 0 Å². The van der Waals surface area contributed by atoms with Crippen molar-refractivity contribution in [3.8, 4) is 0 Å². The molecule has 1 aromatic carbocycles. The Morgan fingerprint density at radius 1 is 1.11 bits per heavy atom. The summed E-state index contributed by atoms with van der Waals surface area (Å²) in [6.07, 6.45) is 2.60. The third-order valence-electron chi connectivity index (χ3n) is 2.84. The molecular weight excluding hydrogens is 322 g/mol. The van der Waals surface area contributed by atoms with Gasteiger partial charge in [-0.05, 0) is 46.6 Å². The molecule has 3 aromatic rings. The number of thiophene rings is 1. The van der Waals surface area contributed by atoms with Crippen LogP contribution in [-0.2, 0) is 6.42 Å². The quantitative estimate of drug-likeness (QED) is 0.780. The molecule has 0 aliphatic carbocycles. The normalized spacial score (nSPS) is 10.8. The highest BCUT2D eigenvalue weighted by molar-refractivity contribution is 9.11. The fourth-order valence-corrected chi connectivity index (χ4v) is 3.42. The van der Waals surface area contributed by atoms with Crippen molar-refractivity contribution in [2.45, 2.75) is 6.42 Å². The highest BCUT2D eigenvalue weighted by atomic mass is 79.9. The van der Waals surface area contributed by atoms with Gasteiger partial charge in [-0.25, -0.2) is 9.97 Å². The summed E-state index contributed by atoms with van der Waals surface area (Å²) in [5.74, 6) is 0.904. The average Bonchev–Trinajstić information content (AvgIpc) is 2.85. The maximum Gasteiger partial charge on any atom is 0.137 e. The monoisotopic (exact) mass is 333 g/mol. The van der Waals surface area contributed by atoms with Gasteiger partial charge in [-0.3, -0.25) is 0 Å². The first-order valence-corrected chi connectivity index (χ1v) is 7.62. The number of rotatable bonds is 4. The van der Waals surface area contributed by atoms with Gasteiger partial charge in [-0.2, -0.15) is 0 Å². The lowest BCUT2D eigenvalue weighted by molar-refractivity contribution is 1.03. The van der Waals surface area contributed by atoms with Crippen molar-refractivity contribution < 1.29 is 0 Å². The molecule has 5 heteroatoms. The van der Waals surface area contributed by atoms with Crippen molar-refractivity contribution in [1.29, 1.82) is 0 Å². The fraction of sp³-hybridized carbons (Fsp3) is 0.143. The van der Waals surface area contributed by atoms with Gasteiger partial charge in [0.05, 0.1) is 9.30 Å². The SMILES string of the molecule is Brc1ccc(CCNc2ncnc3ccccc23)s1. The molecule has 0 unspecified atom stereocenters. The van der Waals surface area contributed by atoms with E-state index in [9.17, 15) is 0 Å². The summed E-state index contributed by atoms with van der Waals surface area (Å²) in [7, 11) is 0. The summed E-state index contributed by atoms with van der Waals surface area (Å²) < 4.78 is 1.18. The van der Waals surface area contributed by atoms with Gasteiger partial charge >= 0.3 is 0 Å². The maximum absolute atomic E-state index is 4.32. The zero-order valence-electron chi connectivity index (χ0n) is 10.1. The molecule has 0 saturated carbocycles. The van der Waals surface area contributed by atoms with E-state index < -0.39 is 0 Å². The predicted molar refractivity (Wildman–Crippen MR) is 83.8 cm³/mol. The van der Waals surface area contributed by atoms with E-state index in [0.717, 1.165) is 29.7 Å². The number of hydrogen-bond donors (Lipinski definition) is 1. The van der Waals surface area contributed by atoms with Crippen LogP contribution in [0.2, 0.25) is 0 Å². The zero-order chi connectivity index (χ0) is 13.1. The van der Waals surface area contributed by atoms with E-state index in [0.29, 0.717) is 0 Å². The molecule has 0 aliphatic rings. The Hall–Kier alpha value is -1.46. The molecule has 2 heterocycles. The van der Waals surface area contributed by atoms with Crippen LogP contribution >= 0.6 is 27.3 Å². The minimum absolute atomic E-state index is 0.869. The highest BCUT2D eigenvalue weighted by Gasteiger charge is 2.02. The molecular formula is C14H12BrN3S. The Balaban J connectivity index is 1.71. The molecule has 0 saturated heterocycles. The maximum atomic E-state index is 4.32. The first kappa shape index (κ1) is 12.6. The van der Waals surface area contributed by atoms with Gasteiger partial charge in [0.2, 0.25) is 0 Å². The van der Waals surface area contributed by atoms with Crippen LogP contribution in [0.15, 0.2) is 46.5 Å².